The third-order valence-corrected chi connectivity index (χ3v) is 6.09. The van der Waals surface area contributed by atoms with Crippen molar-refractivity contribution in [2.75, 3.05) is 0 Å². The van der Waals surface area contributed by atoms with Gasteiger partial charge >= 0.3 is 6.18 Å². The number of rotatable bonds is 4. The molecule has 0 aromatic heterocycles. The van der Waals surface area contributed by atoms with E-state index in [-0.39, 0.29) is 37.7 Å². The van der Waals surface area contributed by atoms with Crippen molar-refractivity contribution in [2.24, 2.45) is 4.99 Å². The van der Waals surface area contributed by atoms with E-state index in [0.717, 1.165) is 12.1 Å². The Morgan fingerprint density at radius 2 is 1.82 bits per heavy atom. The molecule has 1 aliphatic heterocycles. The van der Waals surface area contributed by atoms with Gasteiger partial charge in [0.15, 0.2) is 0 Å². The highest BCUT2D eigenvalue weighted by Crippen LogP contribution is 2.48. The summed E-state index contributed by atoms with van der Waals surface area (Å²) < 4.78 is 42.3. The van der Waals surface area contributed by atoms with Gasteiger partial charge in [-0.1, -0.05) is 34.8 Å². The van der Waals surface area contributed by atoms with Crippen molar-refractivity contribution in [3.05, 3.63) is 62.6 Å². The van der Waals surface area contributed by atoms with Crippen LogP contribution in [0.25, 0.3) is 0 Å². The van der Waals surface area contributed by atoms with Crippen LogP contribution in [0.5, 0.6) is 0 Å². The standard InChI is InChI=1S/C21H14Cl3F3N4O2/c22-12-5-11(6-13(23)7-12)20(21(25,26)27)9-17(31-33-20)29-14-1-2-16(24)15(8-14)18(32)30-19(10-28)3-4-19/h1-2,5-8H,3-4,9H2,(H,29,31)(H,30,32). The maximum Gasteiger partial charge on any atom is 0.424 e. The number of aliphatic imine (C=N–C) groups is 1. The van der Waals surface area contributed by atoms with Crippen LogP contribution in [0.4, 0.5) is 18.9 Å². The monoisotopic (exact) mass is 516 g/mol. The Balaban J connectivity index is 1.64. The van der Waals surface area contributed by atoms with E-state index in [2.05, 4.69) is 15.8 Å². The number of halogens is 6. The lowest BCUT2D eigenvalue weighted by atomic mass is 9.90. The first-order valence-corrected chi connectivity index (χ1v) is 10.7. The summed E-state index contributed by atoms with van der Waals surface area (Å²) in [6.45, 7) is 0. The van der Waals surface area contributed by atoms with Gasteiger partial charge in [-0.2, -0.15) is 18.4 Å². The van der Waals surface area contributed by atoms with Crippen molar-refractivity contribution in [2.45, 2.75) is 36.6 Å². The molecule has 1 amide bonds. The first-order chi connectivity index (χ1) is 15.5. The first-order valence-electron chi connectivity index (χ1n) is 9.55. The molecule has 2 fully saturated rings. The zero-order chi connectivity index (χ0) is 24.0. The zero-order valence-electron chi connectivity index (χ0n) is 16.6. The fourth-order valence-corrected chi connectivity index (χ4v) is 4.10. The van der Waals surface area contributed by atoms with Crippen LogP contribution in [0.1, 0.15) is 35.2 Å². The molecule has 33 heavy (non-hydrogen) atoms. The number of amidine groups is 1. The molecule has 0 radical (unpaired) electrons. The number of hydrogen-bond acceptors (Lipinski definition) is 4. The van der Waals surface area contributed by atoms with Gasteiger partial charge in [0, 0.05) is 10.0 Å². The number of hydrogen-bond donors (Lipinski definition) is 2. The van der Waals surface area contributed by atoms with Crippen LogP contribution in [0.15, 0.2) is 41.4 Å². The molecule has 1 saturated heterocycles. The van der Waals surface area contributed by atoms with Crippen LogP contribution in [0, 0.1) is 11.3 Å². The molecule has 1 atom stereocenters. The number of carbonyl (C=O) groups excluding carboxylic acids is 1. The van der Waals surface area contributed by atoms with E-state index in [1.54, 1.807) is 0 Å². The van der Waals surface area contributed by atoms with Crippen molar-refractivity contribution in [3.63, 3.8) is 0 Å². The lowest BCUT2D eigenvalue weighted by Crippen LogP contribution is -2.42. The van der Waals surface area contributed by atoms with Crippen LogP contribution in [-0.2, 0) is 10.4 Å². The number of benzene rings is 2. The van der Waals surface area contributed by atoms with E-state index in [1.165, 1.54) is 24.3 Å². The number of nitrogens with zero attached hydrogens (tertiary/aromatic N) is 2. The van der Waals surface area contributed by atoms with Gasteiger partial charge < -0.3 is 5.32 Å². The van der Waals surface area contributed by atoms with Gasteiger partial charge in [0.05, 0.1) is 28.8 Å². The number of alkyl halides is 3. The van der Waals surface area contributed by atoms with Crippen LogP contribution < -0.4 is 10.8 Å². The largest absolute Gasteiger partial charge is 0.424 e. The van der Waals surface area contributed by atoms with Crippen LogP contribution in [0.3, 0.4) is 0 Å². The summed E-state index contributed by atoms with van der Waals surface area (Å²) in [5.74, 6) is -0.706. The second kappa shape index (κ2) is 8.37. The summed E-state index contributed by atoms with van der Waals surface area (Å²) >= 11 is 17.9. The number of carbonyl (C=O) groups is 1. The summed E-state index contributed by atoms with van der Waals surface area (Å²) in [5, 5.41) is 11.9. The summed E-state index contributed by atoms with van der Waals surface area (Å²) in [7, 11) is 0. The Bertz CT molecular complexity index is 1190. The lowest BCUT2D eigenvalue weighted by molar-refractivity contribution is -0.282. The highest BCUT2D eigenvalue weighted by Gasteiger charge is 2.62. The minimum absolute atomic E-state index is 0.0225. The quantitative estimate of drug-likeness (QED) is 0.533. The minimum atomic E-state index is -4.83. The molecule has 2 N–H and O–H groups in total. The molecule has 0 spiro atoms. The third-order valence-electron chi connectivity index (χ3n) is 5.32. The fourth-order valence-electron chi connectivity index (χ4n) is 3.37. The van der Waals surface area contributed by atoms with Crippen LogP contribution in [-0.4, -0.2) is 23.5 Å². The average molecular weight is 518 g/mol. The molecule has 2 aromatic carbocycles. The summed E-state index contributed by atoms with van der Waals surface area (Å²) in [5.41, 5.74) is -1.52. The minimum Gasteiger partial charge on any atom is -0.334 e. The van der Waals surface area contributed by atoms with Crippen molar-refractivity contribution >= 4 is 52.2 Å². The smallest absolute Gasteiger partial charge is 0.334 e. The normalized spacial score (nSPS) is 22.5. The molecule has 1 heterocycles. The molecular formula is C21H14Cl3F3N4O2. The summed E-state index contributed by atoms with van der Waals surface area (Å²) in [4.78, 5) is 21.7. The molecule has 172 valence electrons. The van der Waals surface area contributed by atoms with Gasteiger partial charge in [-0.25, -0.2) is 4.99 Å². The Labute approximate surface area is 201 Å². The van der Waals surface area contributed by atoms with Crippen molar-refractivity contribution < 1.29 is 22.8 Å². The topological polar surface area (TPSA) is 86.5 Å². The molecule has 12 heteroatoms. The molecule has 4 rings (SSSR count). The predicted molar refractivity (Wildman–Crippen MR) is 117 cm³/mol. The fraction of sp³-hybridized carbons (Fsp3) is 0.286. The molecule has 1 aliphatic carbocycles. The molecule has 2 aliphatic rings. The predicted octanol–water partition coefficient (Wildman–Crippen LogP) is 5.85. The van der Waals surface area contributed by atoms with Gasteiger partial charge in [-0.3, -0.25) is 15.1 Å². The maximum atomic E-state index is 14.1. The molecular weight excluding hydrogens is 504 g/mol. The van der Waals surface area contributed by atoms with Crippen molar-refractivity contribution in [1.82, 2.24) is 10.8 Å². The number of nitriles is 1. The van der Waals surface area contributed by atoms with E-state index < -0.39 is 29.6 Å². The Morgan fingerprint density at radius 1 is 1.15 bits per heavy atom. The highest BCUT2D eigenvalue weighted by molar-refractivity contribution is 6.35. The molecule has 0 bridgehead atoms. The number of hydroxylamine groups is 1. The van der Waals surface area contributed by atoms with Crippen LogP contribution >= 0.6 is 34.8 Å². The molecule has 2 aromatic rings. The van der Waals surface area contributed by atoms with Gasteiger partial charge in [-0.05, 0) is 54.8 Å². The SMILES string of the molecule is N#CC1(NC(=O)c2cc(N=C3CC(c4cc(Cl)cc(Cl)c4)(C(F)(F)F)ON3)ccc2Cl)CC1. The van der Waals surface area contributed by atoms with E-state index in [1.807, 2.05) is 6.07 Å². The summed E-state index contributed by atoms with van der Waals surface area (Å²) in [6.07, 6.45) is -4.45. The van der Waals surface area contributed by atoms with E-state index in [4.69, 9.17) is 44.9 Å². The second-order valence-corrected chi connectivity index (χ2v) is 9.01. The van der Waals surface area contributed by atoms with Gasteiger partial charge in [0.2, 0.25) is 5.60 Å². The second-order valence-electron chi connectivity index (χ2n) is 7.73. The lowest BCUT2D eigenvalue weighted by Gasteiger charge is -2.29. The number of amides is 1. The van der Waals surface area contributed by atoms with E-state index in [0.29, 0.717) is 12.8 Å². The maximum absolute atomic E-state index is 14.1. The Kier molecular flexibility index (Phi) is 5.99. The molecule has 1 saturated carbocycles. The van der Waals surface area contributed by atoms with Crippen LogP contribution in [0.2, 0.25) is 15.1 Å². The molecule has 6 nitrogen and oxygen atoms in total. The Hall–Kier alpha value is -2.51. The first kappa shape index (κ1) is 23.6. The zero-order valence-corrected chi connectivity index (χ0v) is 18.8. The molecule has 1 unspecified atom stereocenters. The van der Waals surface area contributed by atoms with Gasteiger partial charge in [0.1, 0.15) is 11.4 Å². The van der Waals surface area contributed by atoms with Gasteiger partial charge in [-0.15, -0.1) is 0 Å². The Morgan fingerprint density at radius 3 is 2.39 bits per heavy atom. The van der Waals surface area contributed by atoms with E-state index in [9.17, 15) is 18.0 Å². The van der Waals surface area contributed by atoms with Crippen molar-refractivity contribution in [3.8, 4) is 6.07 Å². The van der Waals surface area contributed by atoms with E-state index >= 15 is 0 Å². The highest BCUT2D eigenvalue weighted by atomic mass is 35.5. The number of nitrogens with one attached hydrogen (secondary N) is 2. The van der Waals surface area contributed by atoms with Crippen molar-refractivity contribution in [1.29, 1.82) is 5.26 Å². The average Bonchev–Trinajstić information content (AvgIpc) is 3.36. The third kappa shape index (κ3) is 4.62. The summed E-state index contributed by atoms with van der Waals surface area (Å²) in [6, 6.07) is 9.75. The van der Waals surface area contributed by atoms with Gasteiger partial charge in [0.25, 0.3) is 5.91 Å².